The molecule has 0 aromatic heterocycles. The van der Waals surface area contributed by atoms with Crippen molar-refractivity contribution < 1.29 is 9.53 Å². The molecule has 0 saturated carbocycles. The number of nitrogens with one attached hydrogen (secondary N) is 1. The average Bonchev–Trinajstić information content (AvgIpc) is 2.37. The lowest BCUT2D eigenvalue weighted by atomic mass is 9.90. The van der Waals surface area contributed by atoms with Crippen molar-refractivity contribution in [2.75, 3.05) is 19.7 Å². The fourth-order valence-corrected chi connectivity index (χ4v) is 1.93. The van der Waals surface area contributed by atoms with Gasteiger partial charge in [0.2, 0.25) is 0 Å². The third-order valence-corrected chi connectivity index (χ3v) is 2.91. The molecule has 18 heavy (non-hydrogen) atoms. The zero-order valence-electron chi connectivity index (χ0n) is 11.6. The number of hydrogen-bond acceptors (Lipinski definition) is 4. The molecular weight excluding hydrogens is 232 g/mol. The van der Waals surface area contributed by atoms with Crippen molar-refractivity contribution >= 4 is 5.97 Å². The van der Waals surface area contributed by atoms with Crippen molar-refractivity contribution in [3.8, 4) is 0 Å². The number of esters is 1. The molecule has 0 fully saturated rings. The zero-order valence-corrected chi connectivity index (χ0v) is 11.6. The van der Waals surface area contributed by atoms with Crippen LogP contribution in [0.1, 0.15) is 46.5 Å². The van der Waals surface area contributed by atoms with E-state index in [1.165, 1.54) is 0 Å². The largest absolute Gasteiger partial charge is 0.465 e. The van der Waals surface area contributed by atoms with Crippen molar-refractivity contribution in [1.82, 2.24) is 5.32 Å². The summed E-state index contributed by atoms with van der Waals surface area (Å²) in [6.07, 6.45) is 3.08. The molecule has 1 unspecified atom stereocenters. The summed E-state index contributed by atoms with van der Waals surface area (Å²) in [4.78, 5) is 14.7. The molecule has 0 saturated heterocycles. The van der Waals surface area contributed by atoms with Crippen LogP contribution in [0.15, 0.2) is 5.11 Å². The van der Waals surface area contributed by atoms with Gasteiger partial charge in [-0.25, -0.2) is 0 Å². The van der Waals surface area contributed by atoms with Gasteiger partial charge in [0.15, 0.2) is 0 Å². The number of nitrogens with zero attached hydrogens (tertiary/aromatic N) is 3. The van der Waals surface area contributed by atoms with E-state index >= 15 is 0 Å². The Kier molecular flexibility index (Phi) is 9.06. The molecule has 0 bridgehead atoms. The van der Waals surface area contributed by atoms with Gasteiger partial charge in [-0.3, -0.25) is 4.79 Å². The van der Waals surface area contributed by atoms with Crippen LogP contribution in [-0.2, 0) is 9.53 Å². The standard InChI is InChI=1S/C12H24N4O2/c1-4-8-12(5-2,11(17)18-6-3)14-9-7-10-15-16-13/h14H,4-10H2,1-3H3. The van der Waals surface area contributed by atoms with E-state index in [0.29, 0.717) is 26.1 Å². The average molecular weight is 256 g/mol. The van der Waals surface area contributed by atoms with E-state index < -0.39 is 5.54 Å². The summed E-state index contributed by atoms with van der Waals surface area (Å²) in [6, 6.07) is 0. The smallest absolute Gasteiger partial charge is 0.326 e. The lowest BCUT2D eigenvalue weighted by Crippen LogP contribution is -2.53. The Morgan fingerprint density at radius 3 is 2.67 bits per heavy atom. The first-order valence-electron chi connectivity index (χ1n) is 6.60. The SMILES string of the molecule is CCCC(CC)(NCCCN=[N+]=[N-])C(=O)OCC. The van der Waals surface area contributed by atoms with E-state index in [-0.39, 0.29) is 5.97 Å². The number of hydrogen-bond donors (Lipinski definition) is 1. The third kappa shape index (κ3) is 5.38. The number of carbonyl (C=O) groups excluding carboxylic acids is 1. The molecule has 104 valence electrons. The fourth-order valence-electron chi connectivity index (χ4n) is 1.93. The van der Waals surface area contributed by atoms with Gasteiger partial charge in [0.25, 0.3) is 0 Å². The Labute approximate surface area is 109 Å². The Bertz CT molecular complexity index is 290. The second-order valence-electron chi connectivity index (χ2n) is 4.14. The summed E-state index contributed by atoms with van der Waals surface area (Å²) in [5.41, 5.74) is 7.58. The first-order valence-corrected chi connectivity index (χ1v) is 6.60. The van der Waals surface area contributed by atoms with E-state index in [1.54, 1.807) is 0 Å². The predicted octanol–water partition coefficient (Wildman–Crippen LogP) is 2.79. The van der Waals surface area contributed by atoms with Gasteiger partial charge in [0.1, 0.15) is 5.54 Å². The van der Waals surface area contributed by atoms with Crippen molar-refractivity contribution in [2.24, 2.45) is 5.11 Å². The normalized spacial score (nSPS) is 13.5. The van der Waals surface area contributed by atoms with Gasteiger partial charge in [0, 0.05) is 11.5 Å². The van der Waals surface area contributed by atoms with Crippen molar-refractivity contribution in [3.05, 3.63) is 10.4 Å². The van der Waals surface area contributed by atoms with Gasteiger partial charge in [-0.2, -0.15) is 0 Å². The van der Waals surface area contributed by atoms with Crippen LogP contribution in [-0.4, -0.2) is 31.2 Å². The molecule has 0 radical (unpaired) electrons. The summed E-state index contributed by atoms with van der Waals surface area (Å²) in [6.45, 7) is 7.32. The third-order valence-electron chi connectivity index (χ3n) is 2.91. The molecule has 6 nitrogen and oxygen atoms in total. The van der Waals surface area contributed by atoms with E-state index in [4.69, 9.17) is 10.3 Å². The quantitative estimate of drug-likeness (QED) is 0.214. The van der Waals surface area contributed by atoms with Crippen LogP contribution in [0.3, 0.4) is 0 Å². The van der Waals surface area contributed by atoms with Gasteiger partial charge in [0.05, 0.1) is 6.61 Å². The molecule has 0 spiro atoms. The summed E-state index contributed by atoms with van der Waals surface area (Å²) in [5.74, 6) is -0.182. The molecule has 0 aromatic carbocycles. The van der Waals surface area contributed by atoms with Crippen molar-refractivity contribution in [2.45, 2.75) is 52.0 Å². The number of ether oxygens (including phenoxy) is 1. The number of carbonyl (C=O) groups is 1. The minimum atomic E-state index is -0.596. The van der Waals surface area contributed by atoms with E-state index in [1.807, 2.05) is 20.8 Å². The highest BCUT2D eigenvalue weighted by Gasteiger charge is 2.36. The highest BCUT2D eigenvalue weighted by Crippen LogP contribution is 2.19. The Hall–Kier alpha value is -1.26. The number of rotatable bonds is 10. The second-order valence-corrected chi connectivity index (χ2v) is 4.14. The minimum Gasteiger partial charge on any atom is -0.465 e. The van der Waals surface area contributed by atoms with Crippen LogP contribution in [0, 0.1) is 0 Å². The lowest BCUT2D eigenvalue weighted by molar-refractivity contribution is -0.151. The molecule has 0 aliphatic carbocycles. The first kappa shape index (κ1) is 16.7. The molecule has 1 atom stereocenters. The van der Waals surface area contributed by atoms with Crippen molar-refractivity contribution in [1.29, 1.82) is 0 Å². The van der Waals surface area contributed by atoms with E-state index in [9.17, 15) is 4.79 Å². The number of azide groups is 1. The summed E-state index contributed by atoms with van der Waals surface area (Å²) in [5, 5.41) is 6.74. The van der Waals surface area contributed by atoms with Crippen LogP contribution in [0.2, 0.25) is 0 Å². The van der Waals surface area contributed by atoms with Gasteiger partial charge in [-0.15, -0.1) is 0 Å². The molecule has 0 heterocycles. The lowest BCUT2D eigenvalue weighted by Gasteiger charge is -2.31. The van der Waals surface area contributed by atoms with Gasteiger partial charge >= 0.3 is 5.97 Å². The maximum atomic E-state index is 12.0. The maximum Gasteiger partial charge on any atom is 0.326 e. The highest BCUT2D eigenvalue weighted by molar-refractivity contribution is 5.80. The van der Waals surface area contributed by atoms with Crippen LogP contribution < -0.4 is 5.32 Å². The van der Waals surface area contributed by atoms with Gasteiger partial charge < -0.3 is 10.1 Å². The molecule has 1 N–H and O–H groups in total. The van der Waals surface area contributed by atoms with Crippen LogP contribution in [0.5, 0.6) is 0 Å². The molecule has 0 aliphatic heterocycles. The summed E-state index contributed by atoms with van der Waals surface area (Å²) in [7, 11) is 0. The van der Waals surface area contributed by atoms with Crippen LogP contribution in [0.25, 0.3) is 10.4 Å². The fraction of sp³-hybridized carbons (Fsp3) is 0.917. The highest BCUT2D eigenvalue weighted by atomic mass is 16.5. The maximum absolute atomic E-state index is 12.0. The Balaban J connectivity index is 4.44. The molecule has 0 aliphatic rings. The predicted molar refractivity (Wildman–Crippen MR) is 71.2 cm³/mol. The minimum absolute atomic E-state index is 0.182. The summed E-state index contributed by atoms with van der Waals surface area (Å²) < 4.78 is 5.15. The van der Waals surface area contributed by atoms with Gasteiger partial charge in [-0.05, 0) is 38.3 Å². The molecule has 6 heteroatoms. The molecule has 0 rings (SSSR count). The molecule has 0 aromatic rings. The Morgan fingerprint density at radius 1 is 1.44 bits per heavy atom. The second kappa shape index (κ2) is 9.74. The summed E-state index contributed by atoms with van der Waals surface area (Å²) >= 11 is 0. The van der Waals surface area contributed by atoms with E-state index in [0.717, 1.165) is 19.3 Å². The molecule has 0 amide bonds. The zero-order chi connectivity index (χ0) is 13.9. The Morgan fingerprint density at radius 2 is 2.17 bits per heavy atom. The van der Waals surface area contributed by atoms with Crippen molar-refractivity contribution in [3.63, 3.8) is 0 Å². The van der Waals surface area contributed by atoms with E-state index in [2.05, 4.69) is 15.3 Å². The molecular formula is C12H24N4O2. The monoisotopic (exact) mass is 256 g/mol. The topological polar surface area (TPSA) is 87.1 Å². The van der Waals surface area contributed by atoms with Crippen LogP contribution >= 0.6 is 0 Å². The van der Waals surface area contributed by atoms with Crippen LogP contribution in [0.4, 0.5) is 0 Å². The van der Waals surface area contributed by atoms with Gasteiger partial charge in [-0.1, -0.05) is 25.4 Å². The first-order chi connectivity index (χ1) is 8.66.